The minimum absolute atomic E-state index is 0.158. The Labute approximate surface area is 88.3 Å². The van der Waals surface area contributed by atoms with Crippen molar-refractivity contribution in [2.75, 3.05) is 18.5 Å². The Morgan fingerprint density at radius 2 is 2.29 bits per heavy atom. The summed E-state index contributed by atoms with van der Waals surface area (Å²) in [6.45, 7) is 4.63. The van der Waals surface area contributed by atoms with Crippen LogP contribution in [-0.2, 0) is 0 Å². The zero-order valence-electron chi connectivity index (χ0n) is 8.29. The summed E-state index contributed by atoms with van der Waals surface area (Å²) >= 11 is 5.69. The molecule has 0 bridgehead atoms. The summed E-state index contributed by atoms with van der Waals surface area (Å²) in [6, 6.07) is 1.82. The minimum Gasteiger partial charge on any atom is -0.396 e. The van der Waals surface area contributed by atoms with Gasteiger partial charge in [0.05, 0.1) is 0 Å². The number of nitrogens with one attached hydrogen (secondary N) is 1. The van der Waals surface area contributed by atoms with Gasteiger partial charge in [-0.2, -0.15) is 0 Å². The molecule has 1 atom stereocenters. The maximum Gasteiger partial charge on any atom is 0.224 e. The van der Waals surface area contributed by atoms with Crippen molar-refractivity contribution in [3.05, 3.63) is 17.0 Å². The topological polar surface area (TPSA) is 58.0 Å². The molecule has 0 fully saturated rings. The first-order valence-corrected chi connectivity index (χ1v) is 4.85. The van der Waals surface area contributed by atoms with Crippen molar-refractivity contribution in [2.45, 2.75) is 13.8 Å². The Morgan fingerprint density at radius 3 is 2.86 bits per heavy atom. The monoisotopic (exact) mass is 215 g/mol. The van der Waals surface area contributed by atoms with Crippen molar-refractivity contribution in [3.8, 4) is 0 Å². The first-order valence-electron chi connectivity index (χ1n) is 4.47. The Hall–Kier alpha value is -0.870. The third-order valence-electron chi connectivity index (χ3n) is 1.77. The number of hydrogen-bond acceptors (Lipinski definition) is 4. The van der Waals surface area contributed by atoms with Gasteiger partial charge in [0.1, 0.15) is 5.82 Å². The second-order valence-electron chi connectivity index (χ2n) is 3.33. The van der Waals surface area contributed by atoms with Gasteiger partial charge < -0.3 is 10.4 Å². The van der Waals surface area contributed by atoms with Crippen molar-refractivity contribution in [3.63, 3.8) is 0 Å². The fraction of sp³-hybridized carbons (Fsp3) is 0.556. The molecule has 0 aliphatic heterocycles. The van der Waals surface area contributed by atoms with E-state index in [4.69, 9.17) is 16.7 Å². The van der Waals surface area contributed by atoms with Gasteiger partial charge in [-0.05, 0) is 24.4 Å². The first kappa shape index (κ1) is 11.2. The van der Waals surface area contributed by atoms with Gasteiger partial charge in [-0.1, -0.05) is 6.92 Å². The van der Waals surface area contributed by atoms with Crippen LogP contribution in [-0.4, -0.2) is 28.2 Å². The summed E-state index contributed by atoms with van der Waals surface area (Å²) in [5.74, 6) is 0.895. The highest BCUT2D eigenvalue weighted by Gasteiger charge is 2.02. The number of aliphatic hydroxyl groups is 1. The average molecular weight is 216 g/mol. The van der Waals surface area contributed by atoms with E-state index in [9.17, 15) is 0 Å². The predicted molar refractivity (Wildman–Crippen MR) is 56.5 cm³/mol. The average Bonchev–Trinajstić information content (AvgIpc) is 2.12. The minimum atomic E-state index is 0.158. The standard InChI is InChI=1S/C9H14ClN3O/c1-6(5-14)4-11-8-3-7(2)12-9(10)13-8/h3,6,14H,4-5H2,1-2H3,(H,11,12,13). The molecule has 0 amide bonds. The van der Waals surface area contributed by atoms with E-state index < -0.39 is 0 Å². The molecule has 1 rings (SSSR count). The first-order chi connectivity index (χ1) is 6.61. The summed E-state index contributed by atoms with van der Waals surface area (Å²) in [6.07, 6.45) is 0. The number of anilines is 1. The van der Waals surface area contributed by atoms with Crippen LogP contribution in [0.25, 0.3) is 0 Å². The summed E-state index contributed by atoms with van der Waals surface area (Å²) in [5.41, 5.74) is 0.823. The molecule has 0 radical (unpaired) electrons. The van der Waals surface area contributed by atoms with Crippen molar-refractivity contribution >= 4 is 17.4 Å². The Morgan fingerprint density at radius 1 is 1.57 bits per heavy atom. The summed E-state index contributed by atoms with van der Waals surface area (Å²) < 4.78 is 0. The zero-order chi connectivity index (χ0) is 10.6. The van der Waals surface area contributed by atoms with Gasteiger partial charge >= 0.3 is 0 Å². The van der Waals surface area contributed by atoms with E-state index in [1.165, 1.54) is 0 Å². The van der Waals surface area contributed by atoms with Crippen LogP contribution in [0.3, 0.4) is 0 Å². The Balaban J connectivity index is 2.58. The fourth-order valence-corrected chi connectivity index (χ4v) is 1.19. The largest absolute Gasteiger partial charge is 0.396 e. The highest BCUT2D eigenvalue weighted by atomic mass is 35.5. The van der Waals surface area contributed by atoms with E-state index in [1.54, 1.807) is 0 Å². The molecule has 0 aliphatic carbocycles. The fourth-order valence-electron chi connectivity index (χ4n) is 0.966. The second-order valence-corrected chi connectivity index (χ2v) is 3.67. The third-order valence-corrected chi connectivity index (χ3v) is 1.94. The number of aryl methyl sites for hydroxylation is 1. The van der Waals surface area contributed by atoms with Crippen LogP contribution in [0.2, 0.25) is 5.28 Å². The van der Waals surface area contributed by atoms with Crippen LogP contribution in [0.1, 0.15) is 12.6 Å². The molecule has 1 aromatic rings. The van der Waals surface area contributed by atoms with Gasteiger partial charge in [0.25, 0.3) is 0 Å². The number of hydrogen-bond donors (Lipinski definition) is 2. The van der Waals surface area contributed by atoms with Gasteiger partial charge in [-0.25, -0.2) is 9.97 Å². The summed E-state index contributed by atoms with van der Waals surface area (Å²) in [5, 5.41) is 12.1. The van der Waals surface area contributed by atoms with Gasteiger partial charge in [0.2, 0.25) is 5.28 Å². The van der Waals surface area contributed by atoms with Gasteiger partial charge in [0, 0.05) is 24.9 Å². The summed E-state index contributed by atoms with van der Waals surface area (Å²) in [4.78, 5) is 7.95. The number of aromatic nitrogens is 2. The molecule has 2 N–H and O–H groups in total. The predicted octanol–water partition coefficient (Wildman–Crippen LogP) is 1.48. The molecule has 0 spiro atoms. The highest BCUT2D eigenvalue weighted by Crippen LogP contribution is 2.10. The number of nitrogens with zero attached hydrogens (tertiary/aromatic N) is 2. The third kappa shape index (κ3) is 3.47. The Kier molecular flexibility index (Phi) is 4.10. The number of aliphatic hydroxyl groups excluding tert-OH is 1. The zero-order valence-corrected chi connectivity index (χ0v) is 9.04. The lowest BCUT2D eigenvalue weighted by Crippen LogP contribution is -2.15. The SMILES string of the molecule is Cc1cc(NCC(C)CO)nc(Cl)n1. The van der Waals surface area contributed by atoms with Crippen LogP contribution in [0.15, 0.2) is 6.07 Å². The van der Waals surface area contributed by atoms with Gasteiger partial charge in [-0.3, -0.25) is 0 Å². The molecule has 1 unspecified atom stereocenters. The highest BCUT2D eigenvalue weighted by molar-refractivity contribution is 6.28. The molecule has 0 saturated carbocycles. The van der Waals surface area contributed by atoms with E-state index in [0.29, 0.717) is 12.4 Å². The summed E-state index contributed by atoms with van der Waals surface area (Å²) in [7, 11) is 0. The van der Waals surface area contributed by atoms with Crippen LogP contribution >= 0.6 is 11.6 Å². The van der Waals surface area contributed by atoms with Crippen molar-refractivity contribution < 1.29 is 5.11 Å². The lowest BCUT2D eigenvalue weighted by atomic mass is 10.2. The van der Waals surface area contributed by atoms with Gasteiger partial charge in [0.15, 0.2) is 0 Å². The molecule has 5 heteroatoms. The van der Waals surface area contributed by atoms with Crippen molar-refractivity contribution in [2.24, 2.45) is 5.92 Å². The molecule has 1 heterocycles. The van der Waals surface area contributed by atoms with Crippen LogP contribution in [0.4, 0.5) is 5.82 Å². The van der Waals surface area contributed by atoms with Crippen molar-refractivity contribution in [1.29, 1.82) is 0 Å². The molecule has 78 valence electrons. The molecule has 0 aromatic carbocycles. The molecule has 14 heavy (non-hydrogen) atoms. The van der Waals surface area contributed by atoms with Crippen LogP contribution in [0.5, 0.6) is 0 Å². The smallest absolute Gasteiger partial charge is 0.224 e. The molecule has 0 saturated heterocycles. The lowest BCUT2D eigenvalue weighted by Gasteiger charge is -2.10. The van der Waals surface area contributed by atoms with Crippen molar-refractivity contribution in [1.82, 2.24) is 9.97 Å². The van der Waals surface area contributed by atoms with E-state index in [0.717, 1.165) is 5.69 Å². The maximum atomic E-state index is 8.82. The van der Waals surface area contributed by atoms with E-state index in [-0.39, 0.29) is 17.8 Å². The van der Waals surface area contributed by atoms with Crippen LogP contribution < -0.4 is 5.32 Å². The van der Waals surface area contributed by atoms with E-state index in [2.05, 4.69) is 15.3 Å². The number of halogens is 1. The normalized spacial score (nSPS) is 12.6. The van der Waals surface area contributed by atoms with Gasteiger partial charge in [-0.15, -0.1) is 0 Å². The quantitative estimate of drug-likeness (QED) is 0.747. The Bertz CT molecular complexity index is 286. The number of rotatable bonds is 4. The van der Waals surface area contributed by atoms with E-state index >= 15 is 0 Å². The second kappa shape index (κ2) is 5.12. The molecular formula is C9H14ClN3O. The maximum absolute atomic E-state index is 8.82. The molecule has 0 aliphatic rings. The molecule has 4 nitrogen and oxygen atoms in total. The van der Waals surface area contributed by atoms with Crippen LogP contribution in [0, 0.1) is 12.8 Å². The molecular weight excluding hydrogens is 202 g/mol. The lowest BCUT2D eigenvalue weighted by molar-refractivity contribution is 0.244. The molecule has 1 aromatic heterocycles. The van der Waals surface area contributed by atoms with E-state index in [1.807, 2.05) is 19.9 Å².